The van der Waals surface area contributed by atoms with Crippen LogP contribution in [-0.4, -0.2) is 24.7 Å². The number of aromatic hydroxyl groups is 1. The number of rotatable bonds is 6. The van der Waals surface area contributed by atoms with E-state index in [1.54, 1.807) is 42.5 Å². The van der Waals surface area contributed by atoms with Crippen LogP contribution in [0.5, 0.6) is 5.75 Å². The average Bonchev–Trinajstić information content (AvgIpc) is 2.66. The number of nitrogens with one attached hydrogen (secondary N) is 1. The zero-order chi connectivity index (χ0) is 19.6. The molecule has 8 heteroatoms. The van der Waals surface area contributed by atoms with Crippen LogP contribution in [0.25, 0.3) is 10.8 Å². The highest BCUT2D eigenvalue weighted by atomic mass is 32.2. The van der Waals surface area contributed by atoms with Gasteiger partial charge in [0.15, 0.2) is 0 Å². The molecule has 140 valence electrons. The van der Waals surface area contributed by atoms with Gasteiger partial charge in [0.2, 0.25) is 0 Å². The van der Waals surface area contributed by atoms with Crippen LogP contribution in [0.15, 0.2) is 70.5 Å². The SMILES string of the molecule is C[C@H](Sc1cc(NS(=O)(=O)c2ccccc2)c2ccccc2c1O)C(=O)[O-]. The molecule has 1 atom stereocenters. The number of phenols is 1. The summed E-state index contributed by atoms with van der Waals surface area (Å²) < 4.78 is 27.9. The number of fused-ring (bicyclic) bond motifs is 1. The molecule has 27 heavy (non-hydrogen) atoms. The Bertz CT molecular complexity index is 1100. The molecule has 6 nitrogen and oxygen atoms in total. The number of hydrogen-bond acceptors (Lipinski definition) is 6. The van der Waals surface area contributed by atoms with Gasteiger partial charge in [-0.25, -0.2) is 8.42 Å². The van der Waals surface area contributed by atoms with Crippen LogP contribution in [-0.2, 0) is 14.8 Å². The van der Waals surface area contributed by atoms with Crippen molar-refractivity contribution in [2.75, 3.05) is 4.72 Å². The van der Waals surface area contributed by atoms with Gasteiger partial charge in [-0.2, -0.15) is 0 Å². The molecule has 2 N–H and O–H groups in total. The van der Waals surface area contributed by atoms with Crippen LogP contribution in [0.2, 0.25) is 0 Å². The molecule has 3 aromatic carbocycles. The maximum atomic E-state index is 12.7. The van der Waals surface area contributed by atoms with Crippen molar-refractivity contribution in [2.45, 2.75) is 22.0 Å². The third-order valence-electron chi connectivity index (χ3n) is 3.91. The Balaban J connectivity index is 2.12. The first kappa shape index (κ1) is 19.1. The standard InChI is InChI=1S/C19H17NO5S2/c1-12(19(22)23)26-17-11-16(14-9-5-6-10-15(14)18(17)21)20-27(24,25)13-7-3-2-4-8-13/h2-12,20-21H,1H3,(H,22,23)/p-1/t12-/m0/s1. The van der Waals surface area contributed by atoms with Crippen LogP contribution in [0.3, 0.4) is 0 Å². The minimum absolute atomic E-state index is 0.0967. The second kappa shape index (κ2) is 7.50. The summed E-state index contributed by atoms with van der Waals surface area (Å²) in [4.78, 5) is 11.4. The number of sulfonamides is 1. The topological polar surface area (TPSA) is 107 Å². The summed E-state index contributed by atoms with van der Waals surface area (Å²) in [6.07, 6.45) is 0. The Morgan fingerprint density at radius 2 is 1.67 bits per heavy atom. The van der Waals surface area contributed by atoms with Crippen LogP contribution in [0, 0.1) is 0 Å². The van der Waals surface area contributed by atoms with E-state index in [2.05, 4.69) is 4.72 Å². The van der Waals surface area contributed by atoms with Gasteiger partial charge >= 0.3 is 0 Å². The third kappa shape index (κ3) is 4.01. The number of hydrogen-bond donors (Lipinski definition) is 2. The Labute approximate surface area is 160 Å². The number of carboxylic acid groups (broad SMARTS) is 1. The molecule has 0 saturated heterocycles. The van der Waals surface area contributed by atoms with E-state index in [-0.39, 0.29) is 21.2 Å². The normalized spacial score (nSPS) is 12.6. The molecule has 3 aromatic rings. The lowest BCUT2D eigenvalue weighted by Crippen LogP contribution is -2.31. The van der Waals surface area contributed by atoms with E-state index in [1.165, 1.54) is 25.1 Å². The van der Waals surface area contributed by atoms with Gasteiger partial charge in [0.05, 0.1) is 21.4 Å². The highest BCUT2D eigenvalue weighted by Crippen LogP contribution is 2.41. The number of benzene rings is 3. The molecule has 0 heterocycles. The highest BCUT2D eigenvalue weighted by molar-refractivity contribution is 8.00. The van der Waals surface area contributed by atoms with Gasteiger partial charge in [-0.15, -0.1) is 11.8 Å². The van der Waals surface area contributed by atoms with Crippen molar-refractivity contribution < 1.29 is 23.4 Å². The van der Waals surface area contributed by atoms with Gasteiger partial charge in [-0.1, -0.05) is 42.5 Å². The second-order valence-corrected chi connectivity index (χ2v) is 8.88. The zero-order valence-corrected chi connectivity index (χ0v) is 15.9. The summed E-state index contributed by atoms with van der Waals surface area (Å²) in [5.74, 6) is -1.38. The van der Waals surface area contributed by atoms with Gasteiger partial charge < -0.3 is 15.0 Å². The number of anilines is 1. The molecule has 0 aliphatic rings. The lowest BCUT2D eigenvalue weighted by Gasteiger charge is -2.17. The summed E-state index contributed by atoms with van der Waals surface area (Å²) in [6, 6.07) is 16.1. The van der Waals surface area contributed by atoms with Crippen LogP contribution in [0.1, 0.15) is 6.92 Å². The third-order valence-corrected chi connectivity index (χ3v) is 6.41. The molecular weight excluding hydrogens is 386 g/mol. The van der Waals surface area contributed by atoms with Crippen LogP contribution in [0.4, 0.5) is 5.69 Å². The summed E-state index contributed by atoms with van der Waals surface area (Å²) >= 11 is 0.882. The quantitative estimate of drug-likeness (QED) is 0.485. The van der Waals surface area contributed by atoms with E-state index >= 15 is 0 Å². The number of aliphatic carboxylic acids is 1. The summed E-state index contributed by atoms with van der Waals surface area (Å²) in [5.41, 5.74) is 0.250. The van der Waals surface area contributed by atoms with Crippen molar-refractivity contribution in [3.63, 3.8) is 0 Å². The smallest absolute Gasteiger partial charge is 0.261 e. The number of phenolic OH excluding ortho intramolecular Hbond substituents is 1. The van der Waals surface area contributed by atoms with Gasteiger partial charge in [0.1, 0.15) is 5.75 Å². The van der Waals surface area contributed by atoms with Crippen LogP contribution >= 0.6 is 11.8 Å². The Morgan fingerprint density at radius 1 is 1.07 bits per heavy atom. The van der Waals surface area contributed by atoms with E-state index in [1.807, 2.05) is 0 Å². The van der Waals surface area contributed by atoms with E-state index in [4.69, 9.17) is 0 Å². The lowest BCUT2D eigenvalue weighted by atomic mass is 10.1. The maximum absolute atomic E-state index is 12.7. The molecule has 0 aromatic heterocycles. The highest BCUT2D eigenvalue weighted by Gasteiger charge is 2.19. The Morgan fingerprint density at radius 3 is 2.30 bits per heavy atom. The van der Waals surface area contributed by atoms with E-state index < -0.39 is 21.2 Å². The summed E-state index contributed by atoms with van der Waals surface area (Å²) in [6.45, 7) is 1.43. The number of carboxylic acids is 1. The molecule has 3 rings (SSSR count). The average molecular weight is 402 g/mol. The molecule has 0 spiro atoms. The summed E-state index contributed by atoms with van der Waals surface area (Å²) in [5, 5.41) is 21.6. The molecule has 0 unspecified atom stereocenters. The first-order chi connectivity index (χ1) is 12.8. The van der Waals surface area contributed by atoms with Crippen molar-refractivity contribution in [3.8, 4) is 5.75 Å². The first-order valence-electron chi connectivity index (χ1n) is 7.99. The summed E-state index contributed by atoms with van der Waals surface area (Å²) in [7, 11) is -3.85. The Kier molecular flexibility index (Phi) is 5.29. The van der Waals surface area contributed by atoms with Crippen molar-refractivity contribution >= 4 is 44.2 Å². The monoisotopic (exact) mass is 402 g/mol. The van der Waals surface area contributed by atoms with Crippen molar-refractivity contribution in [1.82, 2.24) is 0 Å². The minimum Gasteiger partial charge on any atom is -0.549 e. The second-order valence-electron chi connectivity index (χ2n) is 5.81. The molecular formula is C19H16NO5S2-. The zero-order valence-electron chi connectivity index (χ0n) is 14.2. The van der Waals surface area contributed by atoms with E-state index in [0.717, 1.165) is 11.8 Å². The molecule has 0 bridgehead atoms. The molecule has 0 aliphatic carbocycles. The minimum atomic E-state index is -3.85. The van der Waals surface area contributed by atoms with Crippen molar-refractivity contribution in [1.29, 1.82) is 0 Å². The number of carbonyl (C=O) groups is 1. The van der Waals surface area contributed by atoms with E-state index in [0.29, 0.717) is 10.8 Å². The number of thioether (sulfide) groups is 1. The molecule has 0 saturated carbocycles. The first-order valence-corrected chi connectivity index (χ1v) is 10.4. The van der Waals surface area contributed by atoms with Gasteiger partial charge in [-0.3, -0.25) is 4.72 Å². The largest absolute Gasteiger partial charge is 0.549 e. The fourth-order valence-electron chi connectivity index (χ4n) is 2.55. The molecule has 0 amide bonds. The fraction of sp³-hybridized carbons (Fsp3) is 0.105. The van der Waals surface area contributed by atoms with E-state index in [9.17, 15) is 23.4 Å². The van der Waals surface area contributed by atoms with Gasteiger partial charge in [0, 0.05) is 16.0 Å². The molecule has 0 radical (unpaired) electrons. The predicted molar refractivity (Wildman–Crippen MR) is 103 cm³/mol. The number of carbonyl (C=O) groups excluding carboxylic acids is 1. The van der Waals surface area contributed by atoms with Crippen molar-refractivity contribution in [3.05, 3.63) is 60.7 Å². The molecule has 0 fully saturated rings. The Hall–Kier alpha value is -2.71. The van der Waals surface area contributed by atoms with Crippen molar-refractivity contribution in [2.24, 2.45) is 0 Å². The molecule has 0 aliphatic heterocycles. The maximum Gasteiger partial charge on any atom is 0.261 e. The predicted octanol–water partition coefficient (Wildman–Crippen LogP) is 2.58. The fourth-order valence-corrected chi connectivity index (χ4v) is 4.53. The van der Waals surface area contributed by atoms with Crippen LogP contribution < -0.4 is 9.83 Å². The van der Waals surface area contributed by atoms with Gasteiger partial charge in [0.25, 0.3) is 10.0 Å². The van der Waals surface area contributed by atoms with Gasteiger partial charge in [-0.05, 0) is 25.1 Å². The lowest BCUT2D eigenvalue weighted by molar-refractivity contribution is -0.304.